The van der Waals surface area contributed by atoms with E-state index in [1.165, 1.54) is 18.2 Å². The molecule has 4 aromatic rings. The van der Waals surface area contributed by atoms with Gasteiger partial charge in [-0.1, -0.05) is 35.9 Å². The molecule has 0 aliphatic rings. The number of amides is 1. The summed E-state index contributed by atoms with van der Waals surface area (Å²) in [6.07, 6.45) is 0. The normalized spacial score (nSPS) is 10.8. The van der Waals surface area contributed by atoms with Crippen LogP contribution >= 0.6 is 22.9 Å². The molecule has 9 nitrogen and oxygen atoms in total. The molecule has 0 unspecified atom stereocenters. The number of fused-ring (bicyclic) bond motifs is 1. The number of rotatable bonds is 6. The Morgan fingerprint density at radius 3 is 2.69 bits per heavy atom. The van der Waals surface area contributed by atoms with Crippen molar-refractivity contribution in [3.8, 4) is 5.69 Å². The van der Waals surface area contributed by atoms with E-state index in [0.717, 1.165) is 16.7 Å². The van der Waals surface area contributed by atoms with Crippen LogP contribution in [0.3, 0.4) is 0 Å². The highest BCUT2D eigenvalue weighted by Crippen LogP contribution is 2.32. The minimum Gasteiger partial charge on any atom is -0.451 e. The number of esters is 1. The molecule has 0 saturated carbocycles. The second-order valence-electron chi connectivity index (χ2n) is 6.68. The van der Waals surface area contributed by atoms with Crippen molar-refractivity contribution in [1.82, 2.24) is 9.78 Å². The SMILES string of the molecule is Cc1nn(-c2ccccc2Cl)c2sc(C(=O)OCC(=O)Nc3ccccc3[N+](=O)[O-])cc12. The highest BCUT2D eigenvalue weighted by atomic mass is 35.5. The van der Waals surface area contributed by atoms with E-state index in [1.807, 2.05) is 25.1 Å². The molecular formula is C21H15ClN4O5S. The van der Waals surface area contributed by atoms with Crippen molar-refractivity contribution in [3.05, 3.63) is 80.3 Å². The van der Waals surface area contributed by atoms with Gasteiger partial charge in [-0.2, -0.15) is 5.10 Å². The Morgan fingerprint density at radius 1 is 1.22 bits per heavy atom. The summed E-state index contributed by atoms with van der Waals surface area (Å²) in [6, 6.07) is 14.6. The molecule has 0 aliphatic heterocycles. The van der Waals surface area contributed by atoms with Crippen LogP contribution in [0, 0.1) is 17.0 Å². The average Bonchev–Trinajstić information content (AvgIpc) is 3.33. The third-order valence-corrected chi connectivity index (χ3v) is 5.95. The van der Waals surface area contributed by atoms with Crippen LogP contribution in [-0.2, 0) is 9.53 Å². The molecule has 0 fully saturated rings. The van der Waals surface area contributed by atoms with E-state index in [-0.39, 0.29) is 11.4 Å². The monoisotopic (exact) mass is 470 g/mol. The smallest absolute Gasteiger partial charge is 0.348 e. The number of carbonyl (C=O) groups is 2. The average molecular weight is 471 g/mol. The van der Waals surface area contributed by atoms with E-state index in [1.54, 1.807) is 22.9 Å². The van der Waals surface area contributed by atoms with Crippen LogP contribution in [0.5, 0.6) is 0 Å². The van der Waals surface area contributed by atoms with Crippen molar-refractivity contribution < 1.29 is 19.2 Å². The number of nitrogens with one attached hydrogen (secondary N) is 1. The molecule has 0 saturated heterocycles. The third-order valence-electron chi connectivity index (χ3n) is 4.54. The second kappa shape index (κ2) is 8.77. The number of nitrogens with zero attached hydrogens (tertiary/aromatic N) is 3. The van der Waals surface area contributed by atoms with E-state index >= 15 is 0 Å². The second-order valence-corrected chi connectivity index (χ2v) is 8.11. The topological polar surface area (TPSA) is 116 Å². The molecule has 4 rings (SSSR count). The Morgan fingerprint density at radius 2 is 1.94 bits per heavy atom. The number of nitro groups is 1. The first-order valence-corrected chi connectivity index (χ1v) is 10.5. The number of ether oxygens (including phenoxy) is 1. The first kappa shape index (κ1) is 21.5. The fourth-order valence-corrected chi connectivity index (χ4v) is 4.35. The lowest BCUT2D eigenvalue weighted by atomic mass is 10.2. The fourth-order valence-electron chi connectivity index (χ4n) is 3.06. The molecule has 0 atom stereocenters. The van der Waals surface area contributed by atoms with Crippen LogP contribution in [0.4, 0.5) is 11.4 Å². The van der Waals surface area contributed by atoms with Crippen molar-refractivity contribution in [1.29, 1.82) is 0 Å². The molecule has 1 N–H and O–H groups in total. The Labute approximate surface area is 190 Å². The van der Waals surface area contributed by atoms with Gasteiger partial charge in [0.2, 0.25) is 0 Å². The van der Waals surface area contributed by atoms with Gasteiger partial charge < -0.3 is 10.1 Å². The zero-order valence-corrected chi connectivity index (χ0v) is 18.1. The number of anilines is 1. The molecule has 11 heteroatoms. The fraction of sp³-hybridized carbons (Fsp3) is 0.0952. The van der Waals surface area contributed by atoms with E-state index in [4.69, 9.17) is 16.3 Å². The summed E-state index contributed by atoms with van der Waals surface area (Å²) in [5.41, 5.74) is 1.16. The molecule has 0 aliphatic carbocycles. The number of benzene rings is 2. The molecule has 1 amide bonds. The first-order valence-electron chi connectivity index (χ1n) is 9.29. The van der Waals surface area contributed by atoms with Crippen molar-refractivity contribution in [3.63, 3.8) is 0 Å². The van der Waals surface area contributed by atoms with Gasteiger partial charge in [0.05, 0.1) is 21.3 Å². The summed E-state index contributed by atoms with van der Waals surface area (Å²) in [5.74, 6) is -1.37. The molecule has 0 radical (unpaired) electrons. The largest absolute Gasteiger partial charge is 0.451 e. The zero-order valence-electron chi connectivity index (χ0n) is 16.6. The van der Waals surface area contributed by atoms with Crippen molar-refractivity contribution in [2.45, 2.75) is 6.92 Å². The van der Waals surface area contributed by atoms with Crippen LogP contribution in [-0.4, -0.2) is 33.2 Å². The minimum absolute atomic E-state index is 0.0240. The Bertz CT molecular complexity index is 1360. The minimum atomic E-state index is -0.688. The molecule has 0 bridgehead atoms. The van der Waals surface area contributed by atoms with E-state index in [9.17, 15) is 19.7 Å². The van der Waals surface area contributed by atoms with Gasteiger partial charge in [-0.15, -0.1) is 11.3 Å². The zero-order chi connectivity index (χ0) is 22.8. The van der Waals surface area contributed by atoms with Crippen molar-refractivity contribution in [2.24, 2.45) is 0 Å². The van der Waals surface area contributed by atoms with Gasteiger partial charge in [-0.3, -0.25) is 14.9 Å². The first-order chi connectivity index (χ1) is 15.3. The molecule has 2 aromatic carbocycles. The summed E-state index contributed by atoms with van der Waals surface area (Å²) in [5, 5.41) is 19.2. The number of para-hydroxylation sites is 3. The van der Waals surface area contributed by atoms with Gasteiger partial charge in [0.25, 0.3) is 11.6 Å². The maximum Gasteiger partial charge on any atom is 0.348 e. The third kappa shape index (κ3) is 4.18. The summed E-state index contributed by atoms with van der Waals surface area (Å²) in [7, 11) is 0. The summed E-state index contributed by atoms with van der Waals surface area (Å²) < 4.78 is 6.77. The molecule has 0 spiro atoms. The van der Waals surface area contributed by atoms with Crippen LogP contribution in [0.25, 0.3) is 15.9 Å². The number of aromatic nitrogens is 2. The quantitative estimate of drug-likeness (QED) is 0.247. The summed E-state index contributed by atoms with van der Waals surface area (Å²) in [4.78, 5) is 36.1. The maximum atomic E-state index is 12.5. The Kier molecular flexibility index (Phi) is 5.89. The Balaban J connectivity index is 1.49. The summed E-state index contributed by atoms with van der Waals surface area (Å²) in [6.45, 7) is 1.23. The Hall–Kier alpha value is -3.76. The highest BCUT2D eigenvalue weighted by Gasteiger charge is 2.20. The maximum absolute atomic E-state index is 12.5. The lowest BCUT2D eigenvalue weighted by Gasteiger charge is -2.06. The van der Waals surface area contributed by atoms with Crippen LogP contribution < -0.4 is 5.32 Å². The van der Waals surface area contributed by atoms with Gasteiger partial charge in [-0.25, -0.2) is 9.48 Å². The van der Waals surface area contributed by atoms with Gasteiger partial charge in [0, 0.05) is 11.5 Å². The van der Waals surface area contributed by atoms with Gasteiger partial charge in [0.1, 0.15) is 15.4 Å². The predicted octanol–water partition coefficient (Wildman–Crippen LogP) is 4.75. The summed E-state index contributed by atoms with van der Waals surface area (Å²) >= 11 is 7.45. The van der Waals surface area contributed by atoms with E-state index in [2.05, 4.69) is 10.4 Å². The van der Waals surface area contributed by atoms with Gasteiger partial charge >= 0.3 is 5.97 Å². The van der Waals surface area contributed by atoms with Crippen LogP contribution in [0.1, 0.15) is 15.4 Å². The highest BCUT2D eigenvalue weighted by molar-refractivity contribution is 7.20. The van der Waals surface area contributed by atoms with Crippen molar-refractivity contribution in [2.75, 3.05) is 11.9 Å². The standard InChI is InChI=1S/C21H15ClN4O5S/c1-12-13-10-18(32-20(13)25(24-12)16-8-4-2-6-14(16)22)21(28)31-11-19(27)23-15-7-3-5-9-17(15)26(29)30/h2-10H,11H2,1H3,(H,23,27). The number of aryl methyl sites for hydroxylation is 1. The number of hydrogen-bond acceptors (Lipinski definition) is 7. The van der Waals surface area contributed by atoms with Crippen LogP contribution in [0.15, 0.2) is 54.6 Å². The lowest BCUT2D eigenvalue weighted by Crippen LogP contribution is -2.21. The number of hydrogen-bond donors (Lipinski definition) is 1. The van der Waals surface area contributed by atoms with E-state index in [0.29, 0.717) is 26.1 Å². The predicted molar refractivity (Wildman–Crippen MR) is 121 cm³/mol. The molecule has 162 valence electrons. The van der Waals surface area contributed by atoms with Crippen LogP contribution in [0.2, 0.25) is 5.02 Å². The molecule has 2 aromatic heterocycles. The number of thiophene rings is 1. The molecule has 2 heterocycles. The number of nitro benzene ring substituents is 1. The van der Waals surface area contributed by atoms with Gasteiger partial charge in [-0.05, 0) is 31.2 Å². The van der Waals surface area contributed by atoms with E-state index < -0.39 is 23.4 Å². The molecular weight excluding hydrogens is 456 g/mol. The number of carbonyl (C=O) groups excluding carboxylic acids is 2. The van der Waals surface area contributed by atoms with Crippen molar-refractivity contribution >= 4 is 56.4 Å². The van der Waals surface area contributed by atoms with Gasteiger partial charge in [0.15, 0.2) is 6.61 Å². The lowest BCUT2D eigenvalue weighted by molar-refractivity contribution is -0.383. The molecule has 32 heavy (non-hydrogen) atoms. The number of halogens is 1.